The molecule has 100 valence electrons. The molecule has 0 bridgehead atoms. The average molecular weight is 241 g/mol. The highest BCUT2D eigenvalue weighted by Gasteiger charge is 2.24. The lowest BCUT2D eigenvalue weighted by molar-refractivity contribution is -0.146. The Bertz CT molecular complexity index is 212. The van der Waals surface area contributed by atoms with Crippen LogP contribution in [0.4, 0.5) is 0 Å². The van der Waals surface area contributed by atoms with Gasteiger partial charge >= 0.3 is 5.97 Å². The molecule has 17 heavy (non-hydrogen) atoms. The lowest BCUT2D eigenvalue weighted by Gasteiger charge is -2.21. The van der Waals surface area contributed by atoms with Gasteiger partial charge in [0.1, 0.15) is 6.04 Å². The van der Waals surface area contributed by atoms with Crippen LogP contribution in [-0.2, 0) is 9.53 Å². The summed E-state index contributed by atoms with van der Waals surface area (Å²) in [6.07, 6.45) is 9.43. The number of nitrogens with one attached hydrogen (secondary N) is 1. The number of hydrogen-bond donors (Lipinski definition) is 1. The molecule has 0 saturated heterocycles. The Kier molecular flexibility index (Phi) is 7.25. The van der Waals surface area contributed by atoms with Gasteiger partial charge in [-0.05, 0) is 26.2 Å². The molecule has 1 saturated carbocycles. The summed E-state index contributed by atoms with van der Waals surface area (Å²) in [5.41, 5.74) is 0. The first-order valence-electron chi connectivity index (χ1n) is 7.20. The van der Waals surface area contributed by atoms with Crippen molar-refractivity contribution in [2.24, 2.45) is 0 Å². The van der Waals surface area contributed by atoms with E-state index in [-0.39, 0.29) is 12.0 Å². The lowest BCUT2D eigenvalue weighted by atomic mass is 10.1. The molecule has 1 unspecified atom stereocenters. The van der Waals surface area contributed by atoms with Crippen LogP contribution in [0.3, 0.4) is 0 Å². The second-order valence-electron chi connectivity index (χ2n) is 4.95. The van der Waals surface area contributed by atoms with Crippen LogP contribution in [0.1, 0.15) is 65.2 Å². The minimum Gasteiger partial charge on any atom is -0.465 e. The first-order chi connectivity index (χ1) is 8.27. The zero-order valence-electron chi connectivity index (χ0n) is 11.3. The molecule has 1 aliphatic carbocycles. The molecule has 1 atom stereocenters. The van der Waals surface area contributed by atoms with Crippen molar-refractivity contribution in [2.75, 3.05) is 6.61 Å². The molecule has 0 radical (unpaired) electrons. The van der Waals surface area contributed by atoms with Gasteiger partial charge < -0.3 is 10.1 Å². The Hall–Kier alpha value is -0.570. The summed E-state index contributed by atoms with van der Waals surface area (Å²) in [6.45, 7) is 4.54. The second kappa shape index (κ2) is 8.51. The maximum absolute atomic E-state index is 11.8. The topological polar surface area (TPSA) is 38.3 Å². The van der Waals surface area contributed by atoms with Gasteiger partial charge in [-0.2, -0.15) is 0 Å². The normalized spacial score (nSPS) is 18.2. The highest BCUT2D eigenvalue weighted by molar-refractivity contribution is 5.75. The van der Waals surface area contributed by atoms with Crippen molar-refractivity contribution in [3.63, 3.8) is 0 Å². The van der Waals surface area contributed by atoms with Gasteiger partial charge in [0.2, 0.25) is 0 Å². The van der Waals surface area contributed by atoms with E-state index in [0.717, 1.165) is 12.8 Å². The summed E-state index contributed by atoms with van der Waals surface area (Å²) < 4.78 is 5.14. The van der Waals surface area contributed by atoms with Crippen LogP contribution >= 0.6 is 0 Å². The third-order valence-electron chi connectivity index (χ3n) is 3.46. The number of ether oxygens (including phenoxy) is 1. The van der Waals surface area contributed by atoms with Crippen molar-refractivity contribution >= 4 is 5.97 Å². The van der Waals surface area contributed by atoms with E-state index < -0.39 is 0 Å². The maximum Gasteiger partial charge on any atom is 0.323 e. The smallest absolute Gasteiger partial charge is 0.323 e. The molecule has 3 heteroatoms. The van der Waals surface area contributed by atoms with E-state index in [1.165, 1.54) is 38.5 Å². The van der Waals surface area contributed by atoms with Crippen LogP contribution in [0, 0.1) is 0 Å². The first-order valence-corrected chi connectivity index (χ1v) is 7.20. The van der Waals surface area contributed by atoms with Crippen molar-refractivity contribution in [1.82, 2.24) is 5.32 Å². The van der Waals surface area contributed by atoms with E-state index >= 15 is 0 Å². The second-order valence-corrected chi connectivity index (χ2v) is 4.95. The molecule has 3 nitrogen and oxygen atoms in total. The Balaban J connectivity index is 2.36. The van der Waals surface area contributed by atoms with Crippen LogP contribution in [0.25, 0.3) is 0 Å². The van der Waals surface area contributed by atoms with Gasteiger partial charge in [-0.25, -0.2) is 0 Å². The minimum atomic E-state index is -0.0791. The monoisotopic (exact) mass is 241 g/mol. The Morgan fingerprint density at radius 3 is 2.59 bits per heavy atom. The predicted molar refractivity (Wildman–Crippen MR) is 70.0 cm³/mol. The highest BCUT2D eigenvalue weighted by Crippen LogP contribution is 2.19. The van der Waals surface area contributed by atoms with E-state index in [1.807, 2.05) is 6.92 Å². The van der Waals surface area contributed by atoms with Crippen molar-refractivity contribution in [1.29, 1.82) is 0 Å². The van der Waals surface area contributed by atoms with Crippen molar-refractivity contribution in [3.8, 4) is 0 Å². The fourth-order valence-corrected chi connectivity index (χ4v) is 2.49. The van der Waals surface area contributed by atoms with Gasteiger partial charge in [0.05, 0.1) is 6.61 Å². The van der Waals surface area contributed by atoms with Crippen LogP contribution < -0.4 is 5.32 Å². The van der Waals surface area contributed by atoms with Gasteiger partial charge in [0.25, 0.3) is 0 Å². The van der Waals surface area contributed by atoms with Gasteiger partial charge in [-0.15, -0.1) is 0 Å². The molecule has 1 N–H and O–H groups in total. The Morgan fingerprint density at radius 1 is 1.29 bits per heavy atom. The van der Waals surface area contributed by atoms with Crippen LogP contribution in [0.2, 0.25) is 0 Å². The summed E-state index contributed by atoms with van der Waals surface area (Å²) in [5.74, 6) is -0.0597. The molecule has 0 aliphatic heterocycles. The van der Waals surface area contributed by atoms with Crippen LogP contribution in [-0.4, -0.2) is 24.7 Å². The van der Waals surface area contributed by atoms with E-state index in [2.05, 4.69) is 12.2 Å². The number of unbranched alkanes of at least 4 members (excludes halogenated alkanes) is 2. The van der Waals surface area contributed by atoms with Gasteiger partial charge in [-0.3, -0.25) is 4.79 Å². The highest BCUT2D eigenvalue weighted by atomic mass is 16.5. The standard InChI is InChI=1S/C14H27NO2/c1-3-5-6-11-13(14(16)17-4-2)15-12-9-7-8-10-12/h12-13,15H,3-11H2,1-2H3. The number of rotatable bonds is 8. The summed E-state index contributed by atoms with van der Waals surface area (Å²) >= 11 is 0. The van der Waals surface area contributed by atoms with E-state index in [9.17, 15) is 4.79 Å². The third kappa shape index (κ3) is 5.53. The Morgan fingerprint density at radius 2 is 2.00 bits per heavy atom. The third-order valence-corrected chi connectivity index (χ3v) is 3.46. The summed E-state index contributed by atoms with van der Waals surface area (Å²) in [6, 6.07) is 0.454. The number of hydrogen-bond acceptors (Lipinski definition) is 3. The van der Waals surface area contributed by atoms with Crippen LogP contribution in [0.5, 0.6) is 0 Å². The fourth-order valence-electron chi connectivity index (χ4n) is 2.49. The average Bonchev–Trinajstić information content (AvgIpc) is 2.81. The number of carbonyl (C=O) groups is 1. The molecule has 0 heterocycles. The molecule has 0 spiro atoms. The first kappa shape index (κ1) is 14.5. The predicted octanol–water partition coefficient (Wildman–Crippen LogP) is 3.03. The molecule has 0 aromatic rings. The van der Waals surface area contributed by atoms with E-state index in [4.69, 9.17) is 4.74 Å². The minimum absolute atomic E-state index is 0.0597. The fraction of sp³-hybridized carbons (Fsp3) is 0.929. The largest absolute Gasteiger partial charge is 0.465 e. The lowest BCUT2D eigenvalue weighted by Crippen LogP contribution is -2.43. The maximum atomic E-state index is 11.8. The molecular weight excluding hydrogens is 214 g/mol. The number of carbonyl (C=O) groups excluding carboxylic acids is 1. The van der Waals surface area contributed by atoms with Crippen LogP contribution in [0.15, 0.2) is 0 Å². The Labute approximate surface area is 105 Å². The number of esters is 1. The van der Waals surface area contributed by atoms with E-state index in [1.54, 1.807) is 0 Å². The molecule has 1 aliphatic rings. The molecular formula is C14H27NO2. The van der Waals surface area contributed by atoms with Gasteiger partial charge in [0, 0.05) is 6.04 Å². The summed E-state index contributed by atoms with van der Waals surface area (Å²) in [4.78, 5) is 11.8. The molecule has 1 rings (SSSR count). The molecule has 0 amide bonds. The van der Waals surface area contributed by atoms with Crippen molar-refractivity contribution in [2.45, 2.75) is 77.3 Å². The van der Waals surface area contributed by atoms with Gasteiger partial charge in [-0.1, -0.05) is 39.0 Å². The zero-order valence-corrected chi connectivity index (χ0v) is 11.3. The molecule has 1 fully saturated rings. The zero-order chi connectivity index (χ0) is 12.5. The quantitative estimate of drug-likeness (QED) is 0.524. The molecule has 0 aromatic carbocycles. The van der Waals surface area contributed by atoms with E-state index in [0.29, 0.717) is 12.6 Å². The van der Waals surface area contributed by atoms with Crippen molar-refractivity contribution in [3.05, 3.63) is 0 Å². The summed E-state index contributed by atoms with van der Waals surface area (Å²) in [5, 5.41) is 3.48. The molecule has 0 aromatic heterocycles. The summed E-state index contributed by atoms with van der Waals surface area (Å²) in [7, 11) is 0. The SMILES string of the molecule is CCCCCC(NC1CCCC1)C(=O)OCC. The van der Waals surface area contributed by atoms with Crippen molar-refractivity contribution < 1.29 is 9.53 Å². The van der Waals surface area contributed by atoms with Gasteiger partial charge in [0.15, 0.2) is 0 Å².